The minimum Gasteiger partial charge on any atom is -0.349 e. The molecule has 24 heavy (non-hydrogen) atoms. The fraction of sp³-hybridized carbons (Fsp3) is 0.421. The van der Waals surface area contributed by atoms with Gasteiger partial charge < -0.3 is 5.32 Å². The molecule has 0 saturated heterocycles. The molecular weight excluding hydrogens is 300 g/mol. The van der Waals surface area contributed by atoms with Crippen LogP contribution in [0.1, 0.15) is 54.4 Å². The minimum atomic E-state index is -0.0810. The number of nitrogens with one attached hydrogen (secondary N) is 2. The zero-order valence-corrected chi connectivity index (χ0v) is 13.5. The van der Waals surface area contributed by atoms with Crippen molar-refractivity contribution in [3.63, 3.8) is 0 Å². The monoisotopic (exact) mass is 320 g/mol. The zero-order chi connectivity index (χ0) is 16.6. The van der Waals surface area contributed by atoms with E-state index in [0.29, 0.717) is 22.2 Å². The third kappa shape index (κ3) is 2.58. The van der Waals surface area contributed by atoms with Crippen LogP contribution in [0.3, 0.4) is 0 Å². The fourth-order valence-electron chi connectivity index (χ4n) is 4.15. The lowest BCUT2D eigenvalue weighted by molar-refractivity contribution is 0.0925. The van der Waals surface area contributed by atoms with E-state index in [4.69, 9.17) is 5.26 Å². The van der Waals surface area contributed by atoms with Gasteiger partial charge in [0.05, 0.1) is 29.1 Å². The number of carbonyl (C=O) groups excluding carboxylic acids is 1. The summed E-state index contributed by atoms with van der Waals surface area (Å²) in [4.78, 5) is 12.7. The van der Waals surface area contributed by atoms with Crippen molar-refractivity contribution in [3.8, 4) is 17.3 Å². The van der Waals surface area contributed by atoms with E-state index in [9.17, 15) is 4.79 Å². The van der Waals surface area contributed by atoms with Crippen molar-refractivity contribution in [2.75, 3.05) is 0 Å². The molecule has 122 valence electrons. The van der Waals surface area contributed by atoms with E-state index in [1.165, 1.54) is 25.7 Å². The van der Waals surface area contributed by atoms with Crippen LogP contribution < -0.4 is 5.32 Å². The highest BCUT2D eigenvalue weighted by Gasteiger charge is 2.43. The molecule has 2 aliphatic carbocycles. The number of nitrogens with zero attached hydrogens (tertiary/aromatic N) is 2. The van der Waals surface area contributed by atoms with Gasteiger partial charge in [0.25, 0.3) is 5.91 Å². The summed E-state index contributed by atoms with van der Waals surface area (Å²) in [6.07, 6.45) is 8.95. The third-order valence-electron chi connectivity index (χ3n) is 5.62. The predicted octanol–water partition coefficient (Wildman–Crippen LogP) is 3.40. The number of rotatable bonds is 3. The average Bonchev–Trinajstić information content (AvgIpc) is 3.21. The molecule has 2 aromatic rings. The van der Waals surface area contributed by atoms with Gasteiger partial charge in [-0.1, -0.05) is 18.6 Å². The number of benzene rings is 1. The number of hydrogen-bond acceptors (Lipinski definition) is 3. The van der Waals surface area contributed by atoms with Gasteiger partial charge in [-0.2, -0.15) is 10.4 Å². The highest BCUT2D eigenvalue weighted by molar-refractivity contribution is 6.00. The first-order chi connectivity index (χ1) is 11.7. The average molecular weight is 320 g/mol. The van der Waals surface area contributed by atoms with E-state index in [2.05, 4.69) is 21.6 Å². The minimum absolute atomic E-state index is 0.0810. The number of aromatic nitrogens is 2. The summed E-state index contributed by atoms with van der Waals surface area (Å²) in [7, 11) is 0. The van der Waals surface area contributed by atoms with Crippen molar-refractivity contribution >= 4 is 5.91 Å². The normalized spacial score (nSPS) is 21.2. The summed E-state index contributed by atoms with van der Waals surface area (Å²) in [5.74, 6) is -0.0810. The Morgan fingerprint density at radius 2 is 2.25 bits per heavy atom. The van der Waals surface area contributed by atoms with Gasteiger partial charge in [0.2, 0.25) is 0 Å². The molecular formula is C19H20N4O. The Hall–Kier alpha value is -2.61. The van der Waals surface area contributed by atoms with Crippen molar-refractivity contribution in [1.82, 2.24) is 15.5 Å². The molecule has 0 bridgehead atoms. The molecule has 4 rings (SSSR count). The van der Waals surface area contributed by atoms with Crippen molar-refractivity contribution in [2.45, 2.75) is 44.6 Å². The molecule has 2 fully saturated rings. The molecule has 1 heterocycles. The maximum atomic E-state index is 12.7. The highest BCUT2D eigenvalue weighted by Crippen LogP contribution is 2.53. The smallest absolute Gasteiger partial charge is 0.255 e. The van der Waals surface area contributed by atoms with Crippen LogP contribution in [-0.4, -0.2) is 22.1 Å². The second kappa shape index (κ2) is 5.79. The molecule has 1 aromatic carbocycles. The highest BCUT2D eigenvalue weighted by atomic mass is 16.1. The second-order valence-corrected chi connectivity index (χ2v) is 7.12. The van der Waals surface area contributed by atoms with E-state index >= 15 is 0 Å². The quantitative estimate of drug-likeness (QED) is 0.909. The summed E-state index contributed by atoms with van der Waals surface area (Å²) < 4.78 is 0. The van der Waals surface area contributed by atoms with Crippen LogP contribution in [0.2, 0.25) is 0 Å². The first-order valence-corrected chi connectivity index (χ1v) is 8.54. The van der Waals surface area contributed by atoms with Gasteiger partial charge >= 0.3 is 0 Å². The number of amides is 1. The summed E-state index contributed by atoms with van der Waals surface area (Å²) in [6.45, 7) is 0. The van der Waals surface area contributed by atoms with Gasteiger partial charge in [0.1, 0.15) is 0 Å². The maximum Gasteiger partial charge on any atom is 0.255 e. The lowest BCUT2D eigenvalue weighted by Crippen LogP contribution is -2.35. The molecule has 1 spiro atoms. The molecule has 2 saturated carbocycles. The van der Waals surface area contributed by atoms with Gasteiger partial charge in [-0.05, 0) is 49.7 Å². The van der Waals surface area contributed by atoms with Crippen LogP contribution in [0, 0.1) is 16.7 Å². The maximum absolute atomic E-state index is 12.7. The molecule has 1 atom stereocenters. The van der Waals surface area contributed by atoms with Gasteiger partial charge in [-0.25, -0.2) is 0 Å². The van der Waals surface area contributed by atoms with E-state index < -0.39 is 0 Å². The number of hydrogen-bond donors (Lipinski definition) is 2. The number of aromatic amines is 1. The van der Waals surface area contributed by atoms with Crippen LogP contribution in [0.15, 0.2) is 30.5 Å². The van der Waals surface area contributed by atoms with Crippen molar-refractivity contribution in [1.29, 1.82) is 5.26 Å². The molecule has 5 nitrogen and oxygen atoms in total. The number of nitriles is 1. The first kappa shape index (κ1) is 14.9. The van der Waals surface area contributed by atoms with Crippen LogP contribution >= 0.6 is 0 Å². The topological polar surface area (TPSA) is 81.6 Å². The van der Waals surface area contributed by atoms with Crippen LogP contribution in [-0.2, 0) is 0 Å². The Bertz CT molecular complexity index is 813. The summed E-state index contributed by atoms with van der Waals surface area (Å²) in [6, 6.07) is 9.60. The van der Waals surface area contributed by atoms with Crippen molar-refractivity contribution < 1.29 is 4.79 Å². The molecule has 0 radical (unpaired) electrons. The van der Waals surface area contributed by atoms with Crippen LogP contribution in [0.5, 0.6) is 0 Å². The number of H-pyrrole nitrogens is 1. The SMILES string of the molecule is N#Cc1cccc(-c2[nH]ncc2C(=O)NC2CCC3(CCC3)C2)c1. The lowest BCUT2D eigenvalue weighted by Gasteiger charge is -2.38. The van der Waals surface area contributed by atoms with Gasteiger partial charge in [0, 0.05) is 11.6 Å². The number of carbonyl (C=O) groups is 1. The summed E-state index contributed by atoms with van der Waals surface area (Å²) >= 11 is 0. The Morgan fingerprint density at radius 3 is 2.96 bits per heavy atom. The van der Waals surface area contributed by atoms with Crippen LogP contribution in [0.25, 0.3) is 11.3 Å². The Kier molecular flexibility index (Phi) is 3.61. The van der Waals surface area contributed by atoms with Gasteiger partial charge in [0.15, 0.2) is 0 Å². The van der Waals surface area contributed by atoms with E-state index in [1.807, 2.05) is 12.1 Å². The molecule has 1 amide bonds. The lowest BCUT2D eigenvalue weighted by atomic mass is 9.67. The predicted molar refractivity (Wildman–Crippen MR) is 90.1 cm³/mol. The molecule has 0 aliphatic heterocycles. The largest absolute Gasteiger partial charge is 0.349 e. The van der Waals surface area contributed by atoms with Gasteiger partial charge in [-0.15, -0.1) is 0 Å². The van der Waals surface area contributed by atoms with E-state index in [-0.39, 0.29) is 11.9 Å². The summed E-state index contributed by atoms with van der Waals surface area (Å²) in [5.41, 5.74) is 3.09. The molecule has 5 heteroatoms. The van der Waals surface area contributed by atoms with Crippen LogP contribution in [0.4, 0.5) is 0 Å². The Balaban J connectivity index is 1.51. The van der Waals surface area contributed by atoms with E-state index in [1.54, 1.807) is 18.3 Å². The molecule has 2 aliphatic rings. The van der Waals surface area contributed by atoms with E-state index in [0.717, 1.165) is 18.4 Å². The zero-order valence-electron chi connectivity index (χ0n) is 13.5. The summed E-state index contributed by atoms with van der Waals surface area (Å²) in [5, 5.41) is 19.2. The first-order valence-electron chi connectivity index (χ1n) is 8.54. The van der Waals surface area contributed by atoms with Gasteiger partial charge in [-0.3, -0.25) is 9.89 Å². The third-order valence-corrected chi connectivity index (χ3v) is 5.62. The molecule has 2 N–H and O–H groups in total. The standard InChI is InChI=1S/C19H20N4O/c20-11-13-3-1-4-14(9-13)17-16(12-21-23-17)18(24)22-15-5-8-19(10-15)6-2-7-19/h1,3-4,9,12,15H,2,5-8,10H2,(H,21,23)(H,22,24). The fourth-order valence-corrected chi connectivity index (χ4v) is 4.15. The molecule has 1 unspecified atom stereocenters. The Labute approximate surface area is 141 Å². The Morgan fingerprint density at radius 1 is 1.38 bits per heavy atom. The van der Waals surface area contributed by atoms with Crippen molar-refractivity contribution in [3.05, 3.63) is 41.6 Å². The van der Waals surface area contributed by atoms with Crippen molar-refractivity contribution in [2.24, 2.45) is 5.41 Å². The molecule has 1 aromatic heterocycles. The second-order valence-electron chi connectivity index (χ2n) is 7.12.